The Labute approximate surface area is 99.1 Å². The van der Waals surface area contributed by atoms with Gasteiger partial charge >= 0.3 is 5.97 Å². The third-order valence-electron chi connectivity index (χ3n) is 2.89. The lowest BCUT2D eigenvalue weighted by Gasteiger charge is -2.34. The minimum atomic E-state index is -0.161. The Morgan fingerprint density at radius 2 is 2.14 bits per heavy atom. The molecule has 0 aromatic heterocycles. The monoisotopic (exact) mass is 312 g/mol. The Balaban J connectivity index is 2.56. The molecule has 0 bridgehead atoms. The lowest BCUT2D eigenvalue weighted by atomic mass is 9.89. The van der Waals surface area contributed by atoms with E-state index in [4.69, 9.17) is 4.74 Å². The zero-order chi connectivity index (χ0) is 10.6. The highest BCUT2D eigenvalue weighted by molar-refractivity contribution is 14.1. The van der Waals surface area contributed by atoms with Crippen LogP contribution in [-0.4, -0.2) is 28.6 Å². The molecule has 82 valence electrons. The van der Waals surface area contributed by atoms with Crippen LogP contribution in [0.25, 0.3) is 0 Å². The molecule has 1 aliphatic heterocycles. The van der Waals surface area contributed by atoms with Crippen molar-refractivity contribution in [2.24, 2.45) is 0 Å². The molecule has 1 fully saturated rings. The molecular weight excluding hydrogens is 293 g/mol. The number of carbonyl (C=O) groups excluding carboxylic acids is 1. The Morgan fingerprint density at radius 1 is 1.57 bits per heavy atom. The van der Waals surface area contributed by atoms with Crippen molar-refractivity contribution in [1.29, 1.82) is 0 Å². The smallest absolute Gasteiger partial charge is 0.319 e. The number of carbonyl (C=O) groups is 1. The number of ether oxygens (including phenoxy) is 1. The van der Waals surface area contributed by atoms with Gasteiger partial charge in [0.2, 0.25) is 0 Å². The second-order valence-electron chi connectivity index (χ2n) is 3.94. The minimum Gasteiger partial charge on any atom is -0.458 e. The lowest BCUT2D eigenvalue weighted by Crippen LogP contribution is -2.88. The molecular formula is C10H19INO2+. The number of quaternary nitrogens is 1. The maximum atomic E-state index is 11.5. The number of esters is 1. The molecule has 0 radical (unpaired) electrons. The van der Waals surface area contributed by atoms with Gasteiger partial charge in [-0.15, -0.1) is 0 Å². The summed E-state index contributed by atoms with van der Waals surface area (Å²) in [6.07, 6.45) is 2.94. The number of alkyl halides is 1. The number of hydrogen-bond acceptors (Lipinski definition) is 2. The Kier molecular flexibility index (Phi) is 4.63. The van der Waals surface area contributed by atoms with E-state index in [9.17, 15) is 4.79 Å². The van der Waals surface area contributed by atoms with Crippen molar-refractivity contribution in [2.75, 3.05) is 13.1 Å². The molecule has 0 spiro atoms. The third kappa shape index (κ3) is 3.08. The summed E-state index contributed by atoms with van der Waals surface area (Å²) in [6.45, 7) is 6.14. The molecule has 1 aliphatic rings. The van der Waals surface area contributed by atoms with Crippen LogP contribution >= 0.6 is 22.6 Å². The van der Waals surface area contributed by atoms with Crippen LogP contribution in [0.1, 0.15) is 33.1 Å². The second kappa shape index (κ2) is 5.30. The van der Waals surface area contributed by atoms with E-state index in [2.05, 4.69) is 34.8 Å². The lowest BCUT2D eigenvalue weighted by molar-refractivity contribution is -0.668. The van der Waals surface area contributed by atoms with E-state index in [-0.39, 0.29) is 15.5 Å². The quantitative estimate of drug-likeness (QED) is 0.477. The molecule has 0 aromatic carbocycles. The van der Waals surface area contributed by atoms with E-state index in [1.54, 1.807) is 0 Å². The standard InChI is InChI=1S/C10H18INO2/c1-3-10(4-6-12-7-5-10)14-9(13)8(2)11/h8,12H,3-7H2,1-2H3/p+1. The number of rotatable bonds is 3. The molecule has 1 atom stereocenters. The molecule has 0 aliphatic carbocycles. The molecule has 14 heavy (non-hydrogen) atoms. The predicted octanol–water partition coefficient (Wildman–Crippen LogP) is 0.859. The molecule has 0 saturated carbocycles. The van der Waals surface area contributed by atoms with Crippen LogP contribution in [-0.2, 0) is 9.53 Å². The summed E-state index contributed by atoms with van der Waals surface area (Å²) in [5.41, 5.74) is -0.161. The van der Waals surface area contributed by atoms with Gasteiger partial charge in [0.15, 0.2) is 0 Å². The summed E-state index contributed by atoms with van der Waals surface area (Å²) in [5, 5.41) is 2.29. The predicted molar refractivity (Wildman–Crippen MR) is 63.5 cm³/mol. The van der Waals surface area contributed by atoms with E-state index in [1.165, 1.54) is 0 Å². The highest BCUT2D eigenvalue weighted by Crippen LogP contribution is 2.26. The average Bonchev–Trinajstić information content (AvgIpc) is 2.19. The molecule has 0 aromatic rings. The zero-order valence-corrected chi connectivity index (χ0v) is 11.0. The van der Waals surface area contributed by atoms with Crippen molar-refractivity contribution >= 4 is 28.6 Å². The first-order chi connectivity index (χ1) is 6.59. The van der Waals surface area contributed by atoms with E-state index >= 15 is 0 Å². The van der Waals surface area contributed by atoms with Crippen molar-refractivity contribution in [3.05, 3.63) is 0 Å². The number of nitrogens with two attached hydrogens (primary N) is 1. The number of piperidine rings is 1. The first kappa shape index (κ1) is 12.2. The van der Waals surface area contributed by atoms with Crippen LogP contribution in [0.15, 0.2) is 0 Å². The summed E-state index contributed by atoms with van der Waals surface area (Å²) in [5.74, 6) is -0.0608. The molecule has 0 amide bonds. The van der Waals surface area contributed by atoms with Crippen molar-refractivity contribution < 1.29 is 14.8 Å². The maximum absolute atomic E-state index is 11.5. The summed E-state index contributed by atoms with van der Waals surface area (Å²) in [7, 11) is 0. The fourth-order valence-corrected chi connectivity index (χ4v) is 1.95. The average molecular weight is 312 g/mol. The molecule has 1 rings (SSSR count). The fraction of sp³-hybridized carbons (Fsp3) is 0.900. The summed E-state index contributed by atoms with van der Waals surface area (Å²) in [4.78, 5) is 11.5. The first-order valence-corrected chi connectivity index (χ1v) is 6.53. The van der Waals surface area contributed by atoms with Crippen molar-refractivity contribution in [2.45, 2.75) is 42.6 Å². The number of halogens is 1. The van der Waals surface area contributed by atoms with Crippen LogP contribution in [0.3, 0.4) is 0 Å². The molecule has 1 heterocycles. The molecule has 1 saturated heterocycles. The number of hydrogen-bond donors (Lipinski definition) is 1. The van der Waals surface area contributed by atoms with Gasteiger partial charge in [0, 0.05) is 12.8 Å². The van der Waals surface area contributed by atoms with Crippen molar-refractivity contribution in [3.63, 3.8) is 0 Å². The molecule has 1 unspecified atom stereocenters. The van der Waals surface area contributed by atoms with Gasteiger partial charge in [-0.1, -0.05) is 29.5 Å². The Bertz CT molecular complexity index is 200. The first-order valence-electron chi connectivity index (χ1n) is 5.28. The zero-order valence-electron chi connectivity index (χ0n) is 8.88. The van der Waals surface area contributed by atoms with Crippen LogP contribution in [0.2, 0.25) is 0 Å². The van der Waals surface area contributed by atoms with Gasteiger partial charge in [0.05, 0.1) is 13.1 Å². The second-order valence-corrected chi connectivity index (χ2v) is 5.81. The summed E-state index contributed by atoms with van der Waals surface area (Å²) in [6, 6.07) is 0. The van der Waals surface area contributed by atoms with Crippen molar-refractivity contribution in [1.82, 2.24) is 0 Å². The van der Waals surface area contributed by atoms with Crippen LogP contribution in [0, 0.1) is 0 Å². The summed E-state index contributed by atoms with van der Waals surface area (Å²) < 4.78 is 5.58. The van der Waals surface area contributed by atoms with E-state index < -0.39 is 0 Å². The normalized spacial score (nSPS) is 22.8. The highest BCUT2D eigenvalue weighted by atomic mass is 127. The fourth-order valence-electron chi connectivity index (χ4n) is 1.82. The van der Waals surface area contributed by atoms with Gasteiger partial charge < -0.3 is 10.1 Å². The summed E-state index contributed by atoms with van der Waals surface area (Å²) >= 11 is 2.11. The minimum absolute atomic E-state index is 0.0399. The van der Waals surface area contributed by atoms with Gasteiger partial charge in [-0.2, -0.15) is 0 Å². The largest absolute Gasteiger partial charge is 0.458 e. The topological polar surface area (TPSA) is 42.9 Å². The SMILES string of the molecule is CCC1(OC(=O)C(C)I)CC[NH2+]CC1. The Morgan fingerprint density at radius 3 is 2.57 bits per heavy atom. The molecule has 4 heteroatoms. The van der Waals surface area contributed by atoms with E-state index in [1.807, 2.05) is 6.92 Å². The van der Waals surface area contributed by atoms with Gasteiger partial charge in [-0.05, 0) is 13.3 Å². The molecule has 3 nitrogen and oxygen atoms in total. The van der Waals surface area contributed by atoms with Crippen LogP contribution < -0.4 is 5.32 Å². The molecule has 2 N–H and O–H groups in total. The third-order valence-corrected chi connectivity index (χ3v) is 3.40. The van der Waals surface area contributed by atoms with Crippen molar-refractivity contribution in [3.8, 4) is 0 Å². The van der Waals surface area contributed by atoms with E-state index in [0.29, 0.717) is 0 Å². The van der Waals surface area contributed by atoms with Gasteiger partial charge in [-0.3, -0.25) is 4.79 Å². The Hall–Kier alpha value is 0.160. The maximum Gasteiger partial charge on any atom is 0.319 e. The van der Waals surface area contributed by atoms with E-state index in [0.717, 1.165) is 32.4 Å². The van der Waals surface area contributed by atoms with Crippen LogP contribution in [0.4, 0.5) is 0 Å². The highest BCUT2D eigenvalue weighted by Gasteiger charge is 2.36. The van der Waals surface area contributed by atoms with Gasteiger partial charge in [-0.25, -0.2) is 0 Å². The van der Waals surface area contributed by atoms with Gasteiger partial charge in [0.1, 0.15) is 9.53 Å². The van der Waals surface area contributed by atoms with Gasteiger partial charge in [0.25, 0.3) is 0 Å². The van der Waals surface area contributed by atoms with Crippen LogP contribution in [0.5, 0.6) is 0 Å².